The highest BCUT2D eigenvalue weighted by Crippen LogP contribution is 2.30. The summed E-state index contributed by atoms with van der Waals surface area (Å²) < 4.78 is 1.68. The van der Waals surface area contributed by atoms with E-state index in [1.165, 1.54) is 4.90 Å². The molecule has 1 fully saturated rings. The SMILES string of the molecule is Cc1ccc([C@]2(C)NC(=O)N(Cc3ccc4c(c3)nnn4C)C2=O)cc1. The Morgan fingerprint density at radius 1 is 1.12 bits per heavy atom. The van der Waals surface area contributed by atoms with E-state index in [-0.39, 0.29) is 12.5 Å². The van der Waals surface area contributed by atoms with Crippen LogP contribution in [0.2, 0.25) is 0 Å². The summed E-state index contributed by atoms with van der Waals surface area (Å²) in [6.45, 7) is 3.92. The Balaban J connectivity index is 1.63. The van der Waals surface area contributed by atoms with Gasteiger partial charge in [0.15, 0.2) is 0 Å². The molecule has 7 heteroatoms. The number of urea groups is 1. The Kier molecular flexibility index (Phi) is 3.54. The van der Waals surface area contributed by atoms with Crippen LogP contribution in [-0.4, -0.2) is 31.8 Å². The predicted octanol–water partition coefficient (Wildman–Crippen LogP) is 2.24. The fourth-order valence-electron chi connectivity index (χ4n) is 3.29. The number of fused-ring (bicyclic) bond motifs is 1. The lowest BCUT2D eigenvalue weighted by Crippen LogP contribution is -2.40. The van der Waals surface area contributed by atoms with E-state index in [9.17, 15) is 9.59 Å². The third kappa shape index (κ3) is 2.44. The molecule has 26 heavy (non-hydrogen) atoms. The maximum Gasteiger partial charge on any atom is 0.325 e. The van der Waals surface area contributed by atoms with Gasteiger partial charge in [0, 0.05) is 7.05 Å². The monoisotopic (exact) mass is 349 g/mol. The summed E-state index contributed by atoms with van der Waals surface area (Å²) >= 11 is 0. The van der Waals surface area contributed by atoms with Gasteiger partial charge in [0.1, 0.15) is 11.1 Å². The van der Waals surface area contributed by atoms with E-state index < -0.39 is 11.6 Å². The van der Waals surface area contributed by atoms with Crippen molar-refractivity contribution in [2.24, 2.45) is 7.05 Å². The quantitative estimate of drug-likeness (QED) is 0.736. The van der Waals surface area contributed by atoms with Gasteiger partial charge in [0.2, 0.25) is 0 Å². The van der Waals surface area contributed by atoms with E-state index in [1.54, 1.807) is 11.6 Å². The molecule has 0 unspecified atom stereocenters. The van der Waals surface area contributed by atoms with Crippen LogP contribution in [0.25, 0.3) is 11.0 Å². The summed E-state index contributed by atoms with van der Waals surface area (Å²) in [5.41, 5.74) is 3.28. The first-order valence-corrected chi connectivity index (χ1v) is 8.38. The van der Waals surface area contributed by atoms with Gasteiger partial charge in [-0.15, -0.1) is 5.10 Å². The predicted molar refractivity (Wildman–Crippen MR) is 96.1 cm³/mol. The highest BCUT2D eigenvalue weighted by Gasteiger charge is 2.48. The maximum atomic E-state index is 13.0. The smallest absolute Gasteiger partial charge is 0.319 e. The molecule has 2 aromatic carbocycles. The molecule has 0 radical (unpaired) electrons. The molecule has 3 amide bonds. The van der Waals surface area contributed by atoms with Crippen molar-refractivity contribution < 1.29 is 9.59 Å². The maximum absolute atomic E-state index is 13.0. The lowest BCUT2D eigenvalue weighted by Gasteiger charge is -2.22. The Labute approximate surface area is 150 Å². The largest absolute Gasteiger partial charge is 0.325 e. The highest BCUT2D eigenvalue weighted by atomic mass is 16.2. The van der Waals surface area contributed by atoms with Crippen LogP contribution in [0.1, 0.15) is 23.6 Å². The second-order valence-corrected chi connectivity index (χ2v) is 6.85. The molecule has 1 saturated heterocycles. The topological polar surface area (TPSA) is 80.1 Å². The van der Waals surface area contributed by atoms with Crippen LogP contribution >= 0.6 is 0 Å². The number of carbonyl (C=O) groups excluding carboxylic acids is 2. The number of nitrogens with one attached hydrogen (secondary N) is 1. The standard InChI is InChI=1S/C19H19N5O2/c1-12-4-7-14(8-5-12)19(2)17(25)24(18(26)20-19)11-13-6-9-16-15(10-13)21-22-23(16)3/h4-10H,11H2,1-3H3,(H,20,26)/t19-/m0/s1. The van der Waals surface area contributed by atoms with Gasteiger partial charge in [0.25, 0.3) is 5.91 Å². The first-order valence-electron chi connectivity index (χ1n) is 8.38. The van der Waals surface area contributed by atoms with Crippen molar-refractivity contribution in [3.05, 3.63) is 59.2 Å². The molecule has 1 N–H and O–H groups in total. The highest BCUT2D eigenvalue weighted by molar-refractivity contribution is 6.07. The Morgan fingerprint density at radius 2 is 1.85 bits per heavy atom. The molecule has 1 atom stereocenters. The van der Waals surface area contributed by atoms with E-state index in [0.29, 0.717) is 0 Å². The Hall–Kier alpha value is -3.22. The number of aryl methyl sites for hydroxylation is 2. The summed E-state index contributed by atoms with van der Waals surface area (Å²) in [6, 6.07) is 12.9. The first kappa shape index (κ1) is 16.3. The summed E-state index contributed by atoms with van der Waals surface area (Å²) in [7, 11) is 1.82. The average molecular weight is 349 g/mol. The van der Waals surface area contributed by atoms with Crippen molar-refractivity contribution in [3.8, 4) is 0 Å². The number of amides is 3. The molecule has 132 valence electrons. The molecular formula is C19H19N5O2. The van der Waals surface area contributed by atoms with Gasteiger partial charge in [-0.3, -0.25) is 9.69 Å². The van der Waals surface area contributed by atoms with Crippen molar-refractivity contribution in [3.63, 3.8) is 0 Å². The van der Waals surface area contributed by atoms with Gasteiger partial charge in [-0.05, 0) is 37.1 Å². The van der Waals surface area contributed by atoms with Crippen molar-refractivity contribution in [2.45, 2.75) is 25.9 Å². The normalized spacial score (nSPS) is 20.0. The molecule has 2 heterocycles. The van der Waals surface area contributed by atoms with Crippen LogP contribution in [-0.2, 0) is 23.9 Å². The number of imide groups is 1. The zero-order chi connectivity index (χ0) is 18.5. The van der Waals surface area contributed by atoms with E-state index >= 15 is 0 Å². The number of rotatable bonds is 3. The summed E-state index contributed by atoms with van der Waals surface area (Å²) in [4.78, 5) is 26.7. The third-order valence-electron chi connectivity index (χ3n) is 4.92. The van der Waals surface area contributed by atoms with Crippen LogP contribution in [0.5, 0.6) is 0 Å². The summed E-state index contributed by atoms with van der Waals surface area (Å²) in [5.74, 6) is -0.259. The van der Waals surface area contributed by atoms with Crippen LogP contribution in [0, 0.1) is 6.92 Å². The van der Waals surface area contributed by atoms with Crippen molar-refractivity contribution >= 4 is 23.0 Å². The Morgan fingerprint density at radius 3 is 2.58 bits per heavy atom. The van der Waals surface area contributed by atoms with Gasteiger partial charge in [-0.2, -0.15) is 0 Å². The molecule has 0 spiro atoms. The van der Waals surface area contributed by atoms with Gasteiger partial charge in [-0.25, -0.2) is 9.48 Å². The van der Waals surface area contributed by atoms with Crippen LogP contribution in [0.4, 0.5) is 4.79 Å². The molecule has 1 aliphatic rings. The molecular weight excluding hydrogens is 330 g/mol. The zero-order valence-electron chi connectivity index (χ0n) is 14.9. The van der Waals surface area contributed by atoms with Crippen LogP contribution < -0.4 is 5.32 Å². The van der Waals surface area contributed by atoms with Gasteiger partial charge in [0.05, 0.1) is 12.1 Å². The minimum absolute atomic E-state index is 0.193. The second kappa shape index (κ2) is 5.66. The second-order valence-electron chi connectivity index (χ2n) is 6.85. The van der Waals surface area contributed by atoms with Crippen molar-refractivity contribution in [1.82, 2.24) is 25.2 Å². The fraction of sp³-hybridized carbons (Fsp3) is 0.263. The average Bonchev–Trinajstić information content (AvgIpc) is 3.09. The van der Waals surface area contributed by atoms with Crippen molar-refractivity contribution in [2.75, 3.05) is 0 Å². The van der Waals surface area contributed by atoms with Gasteiger partial charge >= 0.3 is 6.03 Å². The molecule has 7 nitrogen and oxygen atoms in total. The van der Waals surface area contributed by atoms with Gasteiger partial charge < -0.3 is 5.32 Å². The zero-order valence-corrected chi connectivity index (χ0v) is 14.9. The minimum atomic E-state index is -1.05. The number of hydrogen-bond acceptors (Lipinski definition) is 4. The van der Waals surface area contributed by atoms with E-state index in [1.807, 2.05) is 56.4 Å². The first-order chi connectivity index (χ1) is 12.4. The summed E-state index contributed by atoms with van der Waals surface area (Å²) in [6.07, 6.45) is 0. The van der Waals surface area contributed by atoms with Crippen molar-refractivity contribution in [1.29, 1.82) is 0 Å². The van der Waals surface area contributed by atoms with E-state index in [2.05, 4.69) is 15.6 Å². The third-order valence-corrected chi connectivity index (χ3v) is 4.92. The molecule has 1 aromatic heterocycles. The number of benzene rings is 2. The molecule has 4 rings (SSSR count). The Bertz CT molecular complexity index is 1020. The number of aromatic nitrogens is 3. The molecule has 0 saturated carbocycles. The van der Waals surface area contributed by atoms with Crippen LogP contribution in [0.15, 0.2) is 42.5 Å². The molecule has 3 aromatic rings. The van der Waals surface area contributed by atoms with Crippen LogP contribution in [0.3, 0.4) is 0 Å². The summed E-state index contributed by atoms with van der Waals surface area (Å²) in [5, 5.41) is 10.9. The number of carbonyl (C=O) groups is 2. The molecule has 0 aliphatic carbocycles. The van der Waals surface area contributed by atoms with E-state index in [4.69, 9.17) is 0 Å². The minimum Gasteiger partial charge on any atom is -0.319 e. The number of hydrogen-bond donors (Lipinski definition) is 1. The lowest BCUT2D eigenvalue weighted by atomic mass is 9.91. The molecule has 1 aliphatic heterocycles. The molecule has 0 bridgehead atoms. The lowest BCUT2D eigenvalue weighted by molar-refractivity contribution is -0.131. The van der Waals surface area contributed by atoms with E-state index in [0.717, 1.165) is 27.7 Å². The fourth-order valence-corrected chi connectivity index (χ4v) is 3.29. The number of nitrogens with zero attached hydrogens (tertiary/aromatic N) is 4. The van der Waals surface area contributed by atoms with Gasteiger partial charge in [-0.1, -0.05) is 41.1 Å².